The van der Waals surface area contributed by atoms with Crippen molar-refractivity contribution in [1.82, 2.24) is 10.2 Å². The van der Waals surface area contributed by atoms with Crippen LogP contribution in [0.25, 0.3) is 23.1 Å². The zero-order valence-electron chi connectivity index (χ0n) is 9.86. The molecule has 3 rings (SSSR count). The average Bonchev–Trinajstić information content (AvgIpc) is 3.09. The first kappa shape index (κ1) is 12.5. The fourth-order valence-corrected chi connectivity index (χ4v) is 2.06. The number of hydrogen-bond donors (Lipinski definition) is 0. The molecule has 102 valence electrons. The summed E-state index contributed by atoms with van der Waals surface area (Å²) in [5.74, 6) is 0.804. The smallest absolute Gasteiger partial charge is 0.332 e. The summed E-state index contributed by atoms with van der Waals surface area (Å²) in [6.07, 6.45) is 1.47. The number of benzene rings is 1. The minimum absolute atomic E-state index is 0.180. The van der Waals surface area contributed by atoms with Crippen molar-refractivity contribution in [2.45, 2.75) is 4.90 Å². The van der Waals surface area contributed by atoms with E-state index in [0.717, 1.165) is 12.1 Å². The van der Waals surface area contributed by atoms with Crippen LogP contribution in [0.3, 0.4) is 0 Å². The highest BCUT2D eigenvalue weighted by molar-refractivity contribution is 7.86. The molecular weight excluding hydrogens is 287 g/mol. The Bertz CT molecular complexity index is 823. The van der Waals surface area contributed by atoms with Gasteiger partial charge in [0.05, 0.1) is 11.2 Å². The van der Waals surface area contributed by atoms with Gasteiger partial charge in [-0.05, 0) is 36.4 Å². The fourth-order valence-electron chi connectivity index (χ4n) is 1.60. The van der Waals surface area contributed by atoms with E-state index in [2.05, 4.69) is 10.2 Å². The van der Waals surface area contributed by atoms with E-state index in [0.29, 0.717) is 11.3 Å². The first-order valence-corrected chi connectivity index (χ1v) is 6.85. The number of halogens is 1. The summed E-state index contributed by atoms with van der Waals surface area (Å²) in [6.45, 7) is 0. The molecule has 0 spiro atoms. The molecule has 0 N–H and O–H groups in total. The van der Waals surface area contributed by atoms with Gasteiger partial charge in [0.15, 0.2) is 5.76 Å². The SMILES string of the molecule is O=S(=O)(F)c1ccc(-c2nnc(-c3ccco3)o2)cc1. The third kappa shape index (κ3) is 2.32. The van der Waals surface area contributed by atoms with Crippen molar-refractivity contribution in [2.24, 2.45) is 0 Å². The van der Waals surface area contributed by atoms with Crippen LogP contribution in [0.5, 0.6) is 0 Å². The summed E-state index contributed by atoms with van der Waals surface area (Å²) >= 11 is 0. The number of rotatable bonds is 3. The van der Waals surface area contributed by atoms with Gasteiger partial charge in [-0.2, -0.15) is 8.42 Å². The Morgan fingerprint density at radius 1 is 1.00 bits per heavy atom. The van der Waals surface area contributed by atoms with Crippen LogP contribution >= 0.6 is 0 Å². The van der Waals surface area contributed by atoms with Gasteiger partial charge in [-0.25, -0.2) is 0 Å². The van der Waals surface area contributed by atoms with Crippen molar-refractivity contribution < 1.29 is 21.1 Å². The number of hydrogen-bond acceptors (Lipinski definition) is 6. The Balaban J connectivity index is 1.94. The molecule has 2 heterocycles. The third-order valence-electron chi connectivity index (χ3n) is 2.54. The quantitative estimate of drug-likeness (QED) is 0.690. The summed E-state index contributed by atoms with van der Waals surface area (Å²) in [7, 11) is -4.71. The summed E-state index contributed by atoms with van der Waals surface area (Å²) in [4.78, 5) is -0.424. The van der Waals surface area contributed by atoms with Crippen LogP contribution < -0.4 is 0 Å². The largest absolute Gasteiger partial charge is 0.459 e. The molecule has 8 heteroatoms. The van der Waals surface area contributed by atoms with Crippen molar-refractivity contribution in [2.75, 3.05) is 0 Å². The predicted molar refractivity (Wildman–Crippen MR) is 65.7 cm³/mol. The molecule has 0 aliphatic carbocycles. The van der Waals surface area contributed by atoms with Crippen LogP contribution in [0.4, 0.5) is 3.89 Å². The lowest BCUT2D eigenvalue weighted by molar-refractivity contribution is 0.523. The van der Waals surface area contributed by atoms with Gasteiger partial charge in [-0.1, -0.05) is 0 Å². The normalized spacial score (nSPS) is 11.7. The Morgan fingerprint density at radius 2 is 1.70 bits per heavy atom. The molecule has 2 aromatic heterocycles. The van der Waals surface area contributed by atoms with Gasteiger partial charge in [0.25, 0.3) is 5.89 Å². The van der Waals surface area contributed by atoms with Gasteiger partial charge in [0, 0.05) is 5.56 Å². The lowest BCUT2D eigenvalue weighted by atomic mass is 10.2. The second-order valence-electron chi connectivity index (χ2n) is 3.85. The molecule has 0 radical (unpaired) electrons. The van der Waals surface area contributed by atoms with E-state index in [1.807, 2.05) is 0 Å². The van der Waals surface area contributed by atoms with Crippen LogP contribution in [-0.2, 0) is 10.2 Å². The van der Waals surface area contributed by atoms with Crippen LogP contribution in [-0.4, -0.2) is 18.6 Å². The zero-order chi connectivity index (χ0) is 14.2. The topological polar surface area (TPSA) is 86.2 Å². The minimum atomic E-state index is -4.71. The zero-order valence-corrected chi connectivity index (χ0v) is 10.7. The van der Waals surface area contributed by atoms with Gasteiger partial charge < -0.3 is 8.83 Å². The molecule has 6 nitrogen and oxygen atoms in total. The van der Waals surface area contributed by atoms with E-state index in [1.165, 1.54) is 18.4 Å². The van der Waals surface area contributed by atoms with Crippen LogP contribution in [0.2, 0.25) is 0 Å². The van der Waals surface area contributed by atoms with E-state index in [-0.39, 0.29) is 11.8 Å². The molecule has 20 heavy (non-hydrogen) atoms. The molecule has 0 amide bonds. The molecule has 0 fully saturated rings. The Kier molecular flexibility index (Phi) is 2.87. The highest BCUT2D eigenvalue weighted by Gasteiger charge is 2.15. The number of furan rings is 1. The monoisotopic (exact) mass is 294 g/mol. The average molecular weight is 294 g/mol. The van der Waals surface area contributed by atoms with Gasteiger partial charge in [-0.15, -0.1) is 14.1 Å². The Hall–Kier alpha value is -2.48. The first-order valence-electron chi connectivity index (χ1n) is 5.46. The first-order chi connectivity index (χ1) is 9.54. The molecule has 0 aliphatic heterocycles. The minimum Gasteiger partial charge on any atom is -0.459 e. The second kappa shape index (κ2) is 4.57. The Labute approximate surface area is 113 Å². The van der Waals surface area contributed by atoms with Crippen LogP contribution in [0, 0.1) is 0 Å². The maximum atomic E-state index is 12.8. The maximum absolute atomic E-state index is 12.8. The molecule has 3 aromatic rings. The van der Waals surface area contributed by atoms with Crippen LogP contribution in [0.15, 0.2) is 56.4 Å². The number of nitrogens with zero attached hydrogens (tertiary/aromatic N) is 2. The predicted octanol–water partition coefficient (Wildman–Crippen LogP) is 2.65. The molecule has 1 aromatic carbocycles. The van der Waals surface area contributed by atoms with Gasteiger partial charge in [0.1, 0.15) is 0 Å². The summed E-state index contributed by atoms with van der Waals surface area (Å²) in [5.41, 5.74) is 0.475. The molecule has 0 saturated carbocycles. The summed E-state index contributed by atoms with van der Waals surface area (Å²) < 4.78 is 44.7. The lowest BCUT2D eigenvalue weighted by Crippen LogP contribution is -1.91. The standard InChI is InChI=1S/C12H7FN2O4S/c13-20(16,17)9-5-3-8(4-6-9)11-14-15-12(19-11)10-2-1-7-18-10/h1-7H. The van der Waals surface area contributed by atoms with Gasteiger partial charge in [0.2, 0.25) is 5.89 Å². The molecule has 0 atom stereocenters. The molecule has 0 saturated heterocycles. The maximum Gasteiger partial charge on any atom is 0.332 e. The van der Waals surface area contributed by atoms with E-state index in [9.17, 15) is 12.3 Å². The van der Waals surface area contributed by atoms with Crippen molar-refractivity contribution in [3.05, 3.63) is 42.7 Å². The van der Waals surface area contributed by atoms with E-state index in [4.69, 9.17) is 8.83 Å². The van der Waals surface area contributed by atoms with E-state index < -0.39 is 15.1 Å². The molecule has 0 unspecified atom stereocenters. The van der Waals surface area contributed by atoms with Crippen molar-refractivity contribution in [3.8, 4) is 23.1 Å². The van der Waals surface area contributed by atoms with Crippen molar-refractivity contribution in [3.63, 3.8) is 0 Å². The lowest BCUT2D eigenvalue weighted by Gasteiger charge is -1.96. The van der Waals surface area contributed by atoms with Gasteiger partial charge in [-0.3, -0.25) is 0 Å². The Morgan fingerprint density at radius 3 is 2.30 bits per heavy atom. The van der Waals surface area contributed by atoms with Crippen molar-refractivity contribution in [1.29, 1.82) is 0 Å². The van der Waals surface area contributed by atoms with E-state index >= 15 is 0 Å². The fraction of sp³-hybridized carbons (Fsp3) is 0. The molecule has 0 bridgehead atoms. The summed E-state index contributed by atoms with van der Waals surface area (Å²) in [5, 5.41) is 7.62. The van der Waals surface area contributed by atoms with Crippen LogP contribution in [0.1, 0.15) is 0 Å². The molecule has 0 aliphatic rings. The van der Waals surface area contributed by atoms with Gasteiger partial charge >= 0.3 is 10.2 Å². The highest BCUT2D eigenvalue weighted by atomic mass is 32.3. The molecular formula is C12H7FN2O4S. The second-order valence-corrected chi connectivity index (χ2v) is 5.20. The van der Waals surface area contributed by atoms with E-state index in [1.54, 1.807) is 12.1 Å². The van der Waals surface area contributed by atoms with Crippen molar-refractivity contribution >= 4 is 10.2 Å². The number of aromatic nitrogens is 2. The highest BCUT2D eigenvalue weighted by Crippen LogP contribution is 2.25. The third-order valence-corrected chi connectivity index (χ3v) is 3.38. The summed E-state index contributed by atoms with van der Waals surface area (Å²) in [6, 6.07) is 8.36.